The summed E-state index contributed by atoms with van der Waals surface area (Å²) in [6.45, 7) is 2.48. The van der Waals surface area contributed by atoms with Crippen LogP contribution in [0.25, 0.3) is 0 Å². The van der Waals surface area contributed by atoms with Gasteiger partial charge in [0.05, 0.1) is 0 Å². The summed E-state index contributed by atoms with van der Waals surface area (Å²) in [7, 11) is 0. The monoisotopic (exact) mass is 300 g/mol. The Labute approximate surface area is 124 Å². The molecule has 120 valence electrons. The number of hydrogen-bond donors (Lipinski definition) is 2. The molecule has 1 saturated heterocycles. The first-order chi connectivity index (χ1) is 10.0. The Morgan fingerprint density at radius 1 is 1.24 bits per heavy atom. The van der Waals surface area contributed by atoms with Crippen LogP contribution in [-0.2, 0) is 14.3 Å². The van der Waals surface area contributed by atoms with Crippen molar-refractivity contribution in [1.29, 1.82) is 0 Å². The van der Waals surface area contributed by atoms with Crippen LogP contribution in [0.4, 0.5) is 4.79 Å². The molecule has 1 aliphatic heterocycles. The van der Waals surface area contributed by atoms with Crippen molar-refractivity contribution in [2.75, 3.05) is 26.3 Å². The minimum absolute atomic E-state index is 0.420. The molecule has 0 spiro atoms. The van der Waals surface area contributed by atoms with Crippen LogP contribution in [0.1, 0.15) is 39.0 Å². The van der Waals surface area contributed by atoms with E-state index in [9.17, 15) is 14.4 Å². The van der Waals surface area contributed by atoms with Crippen LogP contribution in [0.15, 0.2) is 0 Å². The molecule has 2 N–H and O–H groups in total. The predicted molar refractivity (Wildman–Crippen MR) is 75.8 cm³/mol. The molecule has 0 saturated carbocycles. The minimum atomic E-state index is -1.15. The van der Waals surface area contributed by atoms with Crippen molar-refractivity contribution in [3.05, 3.63) is 0 Å². The highest BCUT2D eigenvalue weighted by Gasteiger charge is 2.21. The largest absolute Gasteiger partial charge is 0.480 e. The zero-order valence-electron chi connectivity index (χ0n) is 12.5. The van der Waals surface area contributed by atoms with Gasteiger partial charge in [0.2, 0.25) is 0 Å². The van der Waals surface area contributed by atoms with Gasteiger partial charge in [-0.2, -0.15) is 0 Å². The van der Waals surface area contributed by atoms with E-state index in [-0.39, 0.29) is 0 Å². The molecule has 7 nitrogen and oxygen atoms in total. The van der Waals surface area contributed by atoms with Crippen molar-refractivity contribution in [2.45, 2.75) is 39.0 Å². The minimum Gasteiger partial charge on any atom is -0.480 e. The van der Waals surface area contributed by atoms with Gasteiger partial charge in [-0.05, 0) is 25.2 Å². The van der Waals surface area contributed by atoms with Crippen LogP contribution in [0.5, 0.6) is 0 Å². The SMILES string of the molecule is CCCC1CCCN(C(=O)NC(=O)COCC(=O)O)CC1. The molecule has 0 bridgehead atoms. The summed E-state index contributed by atoms with van der Waals surface area (Å²) < 4.78 is 4.64. The maximum atomic E-state index is 11.9. The number of carboxylic acids is 1. The second-order valence-electron chi connectivity index (χ2n) is 5.31. The number of hydrogen-bond acceptors (Lipinski definition) is 4. The van der Waals surface area contributed by atoms with Gasteiger partial charge in [-0.3, -0.25) is 10.1 Å². The third-order valence-electron chi connectivity index (χ3n) is 3.54. The molecule has 0 radical (unpaired) electrons. The number of imide groups is 1. The lowest BCUT2D eigenvalue weighted by atomic mass is 9.96. The lowest BCUT2D eigenvalue weighted by molar-refractivity contribution is -0.143. The third kappa shape index (κ3) is 7.08. The van der Waals surface area contributed by atoms with Crippen LogP contribution >= 0.6 is 0 Å². The van der Waals surface area contributed by atoms with E-state index in [2.05, 4.69) is 17.0 Å². The summed E-state index contributed by atoms with van der Waals surface area (Å²) >= 11 is 0. The highest BCUT2D eigenvalue weighted by atomic mass is 16.5. The van der Waals surface area contributed by atoms with E-state index in [1.54, 1.807) is 4.90 Å². The zero-order valence-corrected chi connectivity index (χ0v) is 12.5. The van der Waals surface area contributed by atoms with Gasteiger partial charge >= 0.3 is 12.0 Å². The fourth-order valence-electron chi connectivity index (χ4n) is 2.53. The van der Waals surface area contributed by atoms with Crippen molar-refractivity contribution < 1.29 is 24.2 Å². The topological polar surface area (TPSA) is 95.9 Å². The first kappa shape index (κ1) is 17.4. The predicted octanol–water partition coefficient (Wildman–Crippen LogP) is 1.23. The molecular formula is C14H24N2O5. The smallest absolute Gasteiger partial charge is 0.329 e. The van der Waals surface area contributed by atoms with Gasteiger partial charge in [0.25, 0.3) is 5.91 Å². The van der Waals surface area contributed by atoms with E-state index in [0.717, 1.165) is 25.7 Å². The summed E-state index contributed by atoms with van der Waals surface area (Å²) in [5.41, 5.74) is 0. The zero-order chi connectivity index (χ0) is 15.7. The molecule has 0 aromatic rings. The number of ether oxygens (including phenoxy) is 1. The standard InChI is InChI=1S/C14H24N2O5/c1-2-4-11-5-3-7-16(8-6-11)14(20)15-12(17)9-21-10-13(18)19/h11H,2-10H2,1H3,(H,18,19)(H,15,17,20). The van der Waals surface area contributed by atoms with Gasteiger partial charge in [-0.15, -0.1) is 0 Å². The average Bonchev–Trinajstić information content (AvgIpc) is 2.64. The number of carbonyl (C=O) groups excluding carboxylic acids is 2. The molecule has 1 heterocycles. The molecule has 1 fully saturated rings. The number of likely N-dealkylation sites (tertiary alicyclic amines) is 1. The molecular weight excluding hydrogens is 276 g/mol. The van der Waals surface area contributed by atoms with Gasteiger partial charge in [0.1, 0.15) is 13.2 Å². The van der Waals surface area contributed by atoms with Crippen LogP contribution in [0.3, 0.4) is 0 Å². The molecule has 1 aliphatic rings. The second kappa shape index (κ2) is 9.33. The van der Waals surface area contributed by atoms with Crippen molar-refractivity contribution in [3.63, 3.8) is 0 Å². The van der Waals surface area contributed by atoms with Crippen LogP contribution in [0, 0.1) is 5.92 Å². The normalized spacial score (nSPS) is 18.9. The maximum Gasteiger partial charge on any atom is 0.329 e. The molecule has 7 heteroatoms. The van der Waals surface area contributed by atoms with Crippen molar-refractivity contribution in [1.82, 2.24) is 10.2 Å². The van der Waals surface area contributed by atoms with E-state index >= 15 is 0 Å². The third-order valence-corrected chi connectivity index (χ3v) is 3.54. The molecule has 1 rings (SSSR count). The van der Waals surface area contributed by atoms with Gasteiger partial charge in [-0.25, -0.2) is 9.59 Å². The Balaban J connectivity index is 2.30. The Hall–Kier alpha value is -1.63. The molecule has 1 atom stereocenters. The number of rotatable bonds is 6. The highest BCUT2D eigenvalue weighted by Crippen LogP contribution is 2.21. The summed E-state index contributed by atoms with van der Waals surface area (Å²) in [6, 6.07) is -0.420. The van der Waals surface area contributed by atoms with Gasteiger partial charge in [0, 0.05) is 13.1 Å². The molecule has 1 unspecified atom stereocenters. The highest BCUT2D eigenvalue weighted by molar-refractivity contribution is 5.95. The van der Waals surface area contributed by atoms with E-state index in [1.165, 1.54) is 6.42 Å². The van der Waals surface area contributed by atoms with Crippen molar-refractivity contribution in [3.8, 4) is 0 Å². The van der Waals surface area contributed by atoms with Gasteiger partial charge in [0.15, 0.2) is 0 Å². The van der Waals surface area contributed by atoms with Crippen molar-refractivity contribution >= 4 is 17.9 Å². The number of urea groups is 1. The summed E-state index contributed by atoms with van der Waals surface area (Å²) in [4.78, 5) is 35.3. The van der Waals surface area contributed by atoms with E-state index < -0.39 is 31.1 Å². The molecule has 21 heavy (non-hydrogen) atoms. The Morgan fingerprint density at radius 2 is 2.00 bits per heavy atom. The number of nitrogens with one attached hydrogen (secondary N) is 1. The second-order valence-corrected chi connectivity index (χ2v) is 5.31. The van der Waals surface area contributed by atoms with Crippen LogP contribution in [0.2, 0.25) is 0 Å². The fourth-order valence-corrected chi connectivity index (χ4v) is 2.53. The maximum absolute atomic E-state index is 11.9. The number of aliphatic carboxylic acids is 1. The number of carbonyl (C=O) groups is 3. The molecule has 3 amide bonds. The lowest BCUT2D eigenvalue weighted by Crippen LogP contribution is -2.44. The lowest BCUT2D eigenvalue weighted by Gasteiger charge is -2.20. The van der Waals surface area contributed by atoms with E-state index in [0.29, 0.717) is 19.0 Å². The average molecular weight is 300 g/mol. The van der Waals surface area contributed by atoms with Crippen molar-refractivity contribution in [2.24, 2.45) is 5.92 Å². The van der Waals surface area contributed by atoms with Gasteiger partial charge < -0.3 is 14.7 Å². The molecule has 0 aromatic heterocycles. The Kier molecular flexibility index (Phi) is 7.74. The van der Waals surface area contributed by atoms with E-state index in [1.807, 2.05) is 0 Å². The number of carboxylic acid groups (broad SMARTS) is 1. The summed E-state index contributed by atoms with van der Waals surface area (Å²) in [6.07, 6.45) is 5.35. The van der Waals surface area contributed by atoms with Crippen LogP contribution in [-0.4, -0.2) is 54.2 Å². The fraction of sp³-hybridized carbons (Fsp3) is 0.786. The molecule has 0 aliphatic carbocycles. The van der Waals surface area contributed by atoms with Gasteiger partial charge in [-0.1, -0.05) is 19.8 Å². The van der Waals surface area contributed by atoms with Crippen LogP contribution < -0.4 is 5.32 Å². The first-order valence-electron chi connectivity index (χ1n) is 7.41. The summed E-state index contributed by atoms with van der Waals surface area (Å²) in [5.74, 6) is -1.11. The number of nitrogens with zero attached hydrogens (tertiary/aromatic N) is 1. The summed E-state index contributed by atoms with van der Waals surface area (Å²) in [5, 5.41) is 10.6. The first-order valence-corrected chi connectivity index (χ1v) is 7.41. The Bertz CT molecular complexity index is 372. The number of amides is 3. The quantitative estimate of drug-likeness (QED) is 0.769. The molecule has 0 aromatic carbocycles. The Morgan fingerprint density at radius 3 is 2.67 bits per heavy atom. The van der Waals surface area contributed by atoms with E-state index in [4.69, 9.17) is 5.11 Å².